The fraction of sp³-hybridized carbons (Fsp3) is 1.00. The Morgan fingerprint density at radius 1 is 0.636 bits per heavy atom. The highest BCUT2D eigenvalue weighted by Gasteiger charge is 2.30. The van der Waals surface area contributed by atoms with Crippen LogP contribution in [-0.2, 0) is 0 Å². The predicted octanol–water partition coefficient (Wildman–Crippen LogP) is 7.74. The van der Waals surface area contributed by atoms with Crippen molar-refractivity contribution in [2.45, 2.75) is 103 Å². The van der Waals surface area contributed by atoms with E-state index in [4.69, 9.17) is 0 Å². The monoisotopic (exact) mass is 370 g/mol. The van der Waals surface area contributed by atoms with Gasteiger partial charge in [0.25, 0.3) is 0 Å². The molecule has 0 aliphatic heterocycles. The first kappa shape index (κ1) is 18.8. The molecule has 0 spiro atoms. The molecule has 0 aromatic rings. The van der Waals surface area contributed by atoms with Crippen LogP contribution in [0.3, 0.4) is 0 Å². The summed E-state index contributed by atoms with van der Waals surface area (Å²) in [6.07, 6.45) is 22.6. The van der Waals surface area contributed by atoms with E-state index in [1.54, 1.807) is 38.5 Å². The van der Waals surface area contributed by atoms with Gasteiger partial charge in [0, 0.05) is 5.33 Å². The first-order valence-electron chi connectivity index (χ1n) is 10.4. The van der Waals surface area contributed by atoms with Crippen LogP contribution >= 0.6 is 15.9 Å². The maximum absolute atomic E-state index is 3.62. The van der Waals surface area contributed by atoms with E-state index >= 15 is 0 Å². The SMILES string of the molecule is CCCCCCCC1CCC(C2CCC(CCBr)CC2)CC1. The molecule has 2 aliphatic carbocycles. The van der Waals surface area contributed by atoms with Crippen molar-refractivity contribution in [1.82, 2.24) is 0 Å². The van der Waals surface area contributed by atoms with Gasteiger partial charge in [-0.15, -0.1) is 0 Å². The molecule has 2 fully saturated rings. The zero-order valence-electron chi connectivity index (χ0n) is 15.0. The van der Waals surface area contributed by atoms with Crippen LogP contribution in [0.25, 0.3) is 0 Å². The maximum atomic E-state index is 3.62. The van der Waals surface area contributed by atoms with Crippen LogP contribution in [0.1, 0.15) is 103 Å². The second kappa shape index (κ2) is 11.1. The lowest BCUT2D eigenvalue weighted by Crippen LogP contribution is -2.26. The average molecular weight is 371 g/mol. The minimum absolute atomic E-state index is 1.04. The van der Waals surface area contributed by atoms with Crippen molar-refractivity contribution >= 4 is 15.9 Å². The average Bonchev–Trinajstić information content (AvgIpc) is 2.56. The minimum atomic E-state index is 1.04. The first-order valence-corrected chi connectivity index (χ1v) is 11.5. The molecule has 1 heteroatoms. The molecule has 2 aliphatic rings. The zero-order valence-corrected chi connectivity index (χ0v) is 16.6. The highest BCUT2D eigenvalue weighted by Crippen LogP contribution is 2.42. The van der Waals surface area contributed by atoms with Crippen LogP contribution in [0, 0.1) is 23.7 Å². The Bertz CT molecular complexity index is 259. The van der Waals surface area contributed by atoms with Crippen molar-refractivity contribution in [1.29, 1.82) is 0 Å². The molecular formula is C21H39Br. The summed E-state index contributed by atoms with van der Waals surface area (Å²) in [7, 11) is 0. The molecule has 0 N–H and O–H groups in total. The fourth-order valence-corrected chi connectivity index (χ4v) is 5.73. The highest BCUT2D eigenvalue weighted by atomic mass is 79.9. The first-order chi connectivity index (χ1) is 10.8. The van der Waals surface area contributed by atoms with Gasteiger partial charge in [0.1, 0.15) is 0 Å². The smallest absolute Gasteiger partial charge is 0.00339 e. The van der Waals surface area contributed by atoms with Crippen molar-refractivity contribution in [3.63, 3.8) is 0 Å². The highest BCUT2D eigenvalue weighted by molar-refractivity contribution is 9.09. The molecule has 0 radical (unpaired) electrons. The Kier molecular flexibility index (Phi) is 9.50. The molecule has 2 saturated carbocycles. The van der Waals surface area contributed by atoms with Gasteiger partial charge in [-0.1, -0.05) is 87.1 Å². The number of alkyl halides is 1. The van der Waals surface area contributed by atoms with E-state index in [-0.39, 0.29) is 0 Å². The summed E-state index contributed by atoms with van der Waals surface area (Å²) < 4.78 is 0. The van der Waals surface area contributed by atoms with Gasteiger partial charge in [0.05, 0.1) is 0 Å². The van der Waals surface area contributed by atoms with Crippen LogP contribution in [-0.4, -0.2) is 5.33 Å². The normalized spacial score (nSPS) is 33.0. The molecule has 0 aromatic heterocycles. The molecule has 0 atom stereocenters. The minimum Gasteiger partial charge on any atom is -0.0928 e. The molecular weight excluding hydrogens is 332 g/mol. The van der Waals surface area contributed by atoms with Gasteiger partial charge >= 0.3 is 0 Å². The van der Waals surface area contributed by atoms with Gasteiger partial charge in [-0.05, 0) is 55.8 Å². The third-order valence-electron chi connectivity index (χ3n) is 6.68. The lowest BCUT2D eigenvalue weighted by Gasteiger charge is -2.38. The van der Waals surface area contributed by atoms with Crippen molar-refractivity contribution in [2.24, 2.45) is 23.7 Å². The number of rotatable bonds is 9. The van der Waals surface area contributed by atoms with E-state index in [9.17, 15) is 0 Å². The Labute approximate surface area is 148 Å². The van der Waals surface area contributed by atoms with Gasteiger partial charge in [-0.2, -0.15) is 0 Å². The van der Waals surface area contributed by atoms with Crippen LogP contribution in [0.2, 0.25) is 0 Å². The second-order valence-electron chi connectivity index (χ2n) is 8.24. The lowest BCUT2D eigenvalue weighted by molar-refractivity contribution is 0.142. The lowest BCUT2D eigenvalue weighted by atomic mass is 9.68. The van der Waals surface area contributed by atoms with E-state index in [0.717, 1.165) is 23.7 Å². The molecule has 0 aromatic carbocycles. The van der Waals surface area contributed by atoms with Gasteiger partial charge in [-0.3, -0.25) is 0 Å². The van der Waals surface area contributed by atoms with E-state index in [1.165, 1.54) is 63.1 Å². The van der Waals surface area contributed by atoms with Crippen LogP contribution in [0.15, 0.2) is 0 Å². The standard InChI is InChI=1S/C21H39Br/c1-2-3-4-5-6-7-18-8-12-20(13-9-18)21-14-10-19(11-15-21)16-17-22/h18-21H,2-17H2,1H3. The van der Waals surface area contributed by atoms with E-state index in [2.05, 4.69) is 22.9 Å². The summed E-state index contributed by atoms with van der Waals surface area (Å²) in [5.41, 5.74) is 0. The summed E-state index contributed by atoms with van der Waals surface area (Å²) in [5, 5.41) is 1.21. The Morgan fingerprint density at radius 3 is 1.64 bits per heavy atom. The molecule has 130 valence electrons. The third-order valence-corrected chi connectivity index (χ3v) is 7.14. The topological polar surface area (TPSA) is 0 Å². The van der Waals surface area contributed by atoms with Crippen molar-refractivity contribution in [3.05, 3.63) is 0 Å². The Morgan fingerprint density at radius 2 is 1.14 bits per heavy atom. The zero-order chi connectivity index (χ0) is 15.6. The second-order valence-corrected chi connectivity index (χ2v) is 9.04. The number of unbranched alkanes of at least 4 members (excludes halogenated alkanes) is 4. The van der Waals surface area contributed by atoms with Crippen molar-refractivity contribution < 1.29 is 0 Å². The van der Waals surface area contributed by atoms with Crippen molar-refractivity contribution in [3.8, 4) is 0 Å². The molecule has 22 heavy (non-hydrogen) atoms. The summed E-state index contributed by atoms with van der Waals surface area (Å²) >= 11 is 3.62. The van der Waals surface area contributed by atoms with Gasteiger partial charge in [0.15, 0.2) is 0 Å². The van der Waals surface area contributed by atoms with Gasteiger partial charge < -0.3 is 0 Å². The van der Waals surface area contributed by atoms with Crippen molar-refractivity contribution in [2.75, 3.05) is 5.33 Å². The number of hydrogen-bond donors (Lipinski definition) is 0. The fourth-order valence-electron chi connectivity index (χ4n) is 5.09. The van der Waals surface area contributed by atoms with Crippen LogP contribution < -0.4 is 0 Å². The summed E-state index contributed by atoms with van der Waals surface area (Å²) in [4.78, 5) is 0. The van der Waals surface area contributed by atoms with Crippen LogP contribution in [0.5, 0.6) is 0 Å². The summed E-state index contributed by atoms with van der Waals surface area (Å²) in [5.74, 6) is 4.32. The van der Waals surface area contributed by atoms with E-state index < -0.39 is 0 Å². The Balaban J connectivity index is 1.55. The Hall–Kier alpha value is 0.480. The van der Waals surface area contributed by atoms with E-state index in [0.29, 0.717) is 0 Å². The molecule has 2 rings (SSSR count). The number of hydrogen-bond acceptors (Lipinski definition) is 0. The predicted molar refractivity (Wildman–Crippen MR) is 103 cm³/mol. The third kappa shape index (κ3) is 6.54. The molecule has 0 saturated heterocycles. The van der Waals surface area contributed by atoms with Gasteiger partial charge in [-0.25, -0.2) is 0 Å². The molecule has 0 unspecified atom stereocenters. The summed E-state index contributed by atoms with van der Waals surface area (Å²) in [6, 6.07) is 0. The molecule has 0 nitrogen and oxygen atoms in total. The molecule has 0 heterocycles. The largest absolute Gasteiger partial charge is 0.0928 e. The quantitative estimate of drug-likeness (QED) is 0.287. The molecule has 0 amide bonds. The molecule has 0 bridgehead atoms. The summed E-state index contributed by atoms with van der Waals surface area (Å²) in [6.45, 7) is 2.31. The maximum Gasteiger partial charge on any atom is 0.00339 e. The number of halogens is 1. The van der Waals surface area contributed by atoms with Crippen LogP contribution in [0.4, 0.5) is 0 Å². The van der Waals surface area contributed by atoms with E-state index in [1.807, 2.05) is 0 Å². The van der Waals surface area contributed by atoms with Gasteiger partial charge in [0.2, 0.25) is 0 Å².